The number of anilines is 1. The monoisotopic (exact) mass is 218 g/mol. The molecule has 1 aliphatic rings. The Kier molecular flexibility index (Phi) is 3.01. The predicted octanol–water partition coefficient (Wildman–Crippen LogP) is 1.23. The summed E-state index contributed by atoms with van der Waals surface area (Å²) in [7, 11) is 0. The highest BCUT2D eigenvalue weighted by Gasteiger charge is 2.30. The first-order chi connectivity index (χ1) is 7.68. The van der Waals surface area contributed by atoms with E-state index >= 15 is 0 Å². The van der Waals surface area contributed by atoms with Gasteiger partial charge in [-0.3, -0.25) is 9.59 Å². The van der Waals surface area contributed by atoms with Gasteiger partial charge in [0.25, 0.3) is 0 Å². The van der Waals surface area contributed by atoms with Gasteiger partial charge in [-0.25, -0.2) is 10.0 Å². The van der Waals surface area contributed by atoms with Gasteiger partial charge in [-0.1, -0.05) is 18.2 Å². The zero-order valence-corrected chi connectivity index (χ0v) is 9.22. The molecule has 0 aromatic heterocycles. The lowest BCUT2D eigenvalue weighted by Gasteiger charge is -2.26. The van der Waals surface area contributed by atoms with Crippen molar-refractivity contribution in [1.82, 2.24) is 5.01 Å². The Morgan fingerprint density at radius 1 is 1.31 bits per heavy atom. The van der Waals surface area contributed by atoms with Gasteiger partial charge in [0.1, 0.15) is 5.78 Å². The maximum atomic E-state index is 11.7. The topological polar surface area (TPSA) is 40.6 Å². The van der Waals surface area contributed by atoms with Crippen molar-refractivity contribution in [2.45, 2.75) is 13.3 Å². The fraction of sp³-hybridized carbons (Fsp3) is 0.333. The summed E-state index contributed by atoms with van der Waals surface area (Å²) in [6, 6.07) is 9.41. The van der Waals surface area contributed by atoms with Crippen molar-refractivity contribution < 1.29 is 9.59 Å². The molecule has 0 spiro atoms. The molecule has 1 fully saturated rings. The van der Waals surface area contributed by atoms with Gasteiger partial charge in [-0.05, 0) is 19.1 Å². The summed E-state index contributed by atoms with van der Waals surface area (Å²) >= 11 is 0. The predicted molar refractivity (Wildman–Crippen MR) is 60.8 cm³/mol. The van der Waals surface area contributed by atoms with Gasteiger partial charge < -0.3 is 0 Å². The van der Waals surface area contributed by atoms with Crippen LogP contribution in [0, 0.1) is 0 Å². The third kappa shape index (κ3) is 2.12. The van der Waals surface area contributed by atoms with Crippen LogP contribution >= 0.6 is 0 Å². The van der Waals surface area contributed by atoms with E-state index in [1.807, 2.05) is 30.3 Å². The number of Topliss-reactive ketones (excluding diaryl/α,β-unsaturated/α-hetero) is 1. The van der Waals surface area contributed by atoms with Gasteiger partial charge >= 0.3 is 0 Å². The number of hydrogen-bond acceptors (Lipinski definition) is 3. The summed E-state index contributed by atoms with van der Waals surface area (Å²) in [5.74, 6) is 0.114. The van der Waals surface area contributed by atoms with Gasteiger partial charge in [0.05, 0.1) is 12.2 Å². The summed E-state index contributed by atoms with van der Waals surface area (Å²) in [6.07, 6.45) is 0.474. The molecule has 4 heteroatoms. The normalized spacial score (nSPS) is 16.8. The fourth-order valence-electron chi connectivity index (χ4n) is 1.87. The number of rotatable bonds is 3. The van der Waals surface area contributed by atoms with Crippen LogP contribution in [0.25, 0.3) is 0 Å². The minimum absolute atomic E-state index is 0.0486. The van der Waals surface area contributed by atoms with Crippen molar-refractivity contribution in [2.24, 2.45) is 0 Å². The average molecular weight is 218 g/mol. The van der Waals surface area contributed by atoms with E-state index in [4.69, 9.17) is 0 Å². The number of nitrogens with zero attached hydrogens (tertiary/aromatic N) is 2. The largest absolute Gasteiger partial charge is 0.298 e. The van der Waals surface area contributed by atoms with E-state index in [1.54, 1.807) is 10.0 Å². The molecule has 1 amide bonds. The van der Waals surface area contributed by atoms with Gasteiger partial charge in [0, 0.05) is 13.0 Å². The molecular formula is C12H14N2O2. The molecule has 0 N–H and O–H groups in total. The number of benzene rings is 1. The third-order valence-electron chi connectivity index (χ3n) is 2.51. The Bertz CT molecular complexity index is 403. The second-order valence-electron chi connectivity index (χ2n) is 3.88. The molecule has 1 saturated heterocycles. The molecule has 1 aromatic carbocycles. The van der Waals surface area contributed by atoms with Gasteiger partial charge in [-0.2, -0.15) is 0 Å². The maximum Gasteiger partial charge on any atom is 0.242 e. The molecule has 0 radical (unpaired) electrons. The summed E-state index contributed by atoms with van der Waals surface area (Å²) in [5.41, 5.74) is 0.825. The summed E-state index contributed by atoms with van der Waals surface area (Å²) in [4.78, 5) is 22.8. The lowest BCUT2D eigenvalue weighted by Crippen LogP contribution is -2.41. The molecule has 0 saturated carbocycles. The lowest BCUT2D eigenvalue weighted by molar-refractivity contribution is -0.119. The van der Waals surface area contributed by atoms with E-state index in [1.165, 1.54) is 6.92 Å². The number of para-hydroxylation sites is 1. The maximum absolute atomic E-state index is 11.7. The van der Waals surface area contributed by atoms with E-state index < -0.39 is 0 Å². The van der Waals surface area contributed by atoms with Crippen molar-refractivity contribution in [2.75, 3.05) is 18.1 Å². The van der Waals surface area contributed by atoms with Crippen molar-refractivity contribution in [1.29, 1.82) is 0 Å². The van der Waals surface area contributed by atoms with Crippen molar-refractivity contribution in [3.8, 4) is 0 Å². The second-order valence-corrected chi connectivity index (χ2v) is 3.88. The molecule has 0 aliphatic carbocycles. The smallest absolute Gasteiger partial charge is 0.242 e. The highest BCUT2D eigenvalue weighted by molar-refractivity contribution is 5.95. The molecule has 16 heavy (non-hydrogen) atoms. The van der Waals surface area contributed by atoms with Crippen molar-refractivity contribution >= 4 is 17.4 Å². The number of ketones is 1. The first-order valence-corrected chi connectivity index (χ1v) is 5.31. The molecule has 84 valence electrons. The molecule has 0 bridgehead atoms. The highest BCUT2D eigenvalue weighted by atomic mass is 16.2. The Morgan fingerprint density at radius 3 is 2.62 bits per heavy atom. The van der Waals surface area contributed by atoms with Crippen LogP contribution in [0.5, 0.6) is 0 Å². The quantitative estimate of drug-likeness (QED) is 0.766. The highest BCUT2D eigenvalue weighted by Crippen LogP contribution is 2.21. The van der Waals surface area contributed by atoms with E-state index in [9.17, 15) is 9.59 Å². The molecule has 1 aliphatic heterocycles. The summed E-state index contributed by atoms with van der Waals surface area (Å²) < 4.78 is 0. The molecule has 1 heterocycles. The Labute approximate surface area is 94.4 Å². The minimum atomic E-state index is 0.0486. The van der Waals surface area contributed by atoms with Crippen LogP contribution in [0.1, 0.15) is 13.3 Å². The van der Waals surface area contributed by atoms with Crippen LogP contribution in [0.15, 0.2) is 30.3 Å². The number of carbonyl (C=O) groups is 2. The second kappa shape index (κ2) is 4.45. The van der Waals surface area contributed by atoms with Crippen LogP contribution in [0.3, 0.4) is 0 Å². The van der Waals surface area contributed by atoms with Crippen LogP contribution in [-0.2, 0) is 9.59 Å². The molecule has 4 nitrogen and oxygen atoms in total. The van der Waals surface area contributed by atoms with E-state index in [-0.39, 0.29) is 11.7 Å². The Balaban J connectivity index is 2.23. The first-order valence-electron chi connectivity index (χ1n) is 5.31. The lowest BCUT2D eigenvalue weighted by atomic mass is 10.3. The van der Waals surface area contributed by atoms with Gasteiger partial charge in [0.2, 0.25) is 5.91 Å². The average Bonchev–Trinajstić information content (AvgIpc) is 2.60. The minimum Gasteiger partial charge on any atom is -0.298 e. The van der Waals surface area contributed by atoms with Crippen LogP contribution < -0.4 is 5.01 Å². The Morgan fingerprint density at radius 2 is 2.00 bits per heavy atom. The van der Waals surface area contributed by atoms with Crippen LogP contribution in [-0.4, -0.2) is 29.8 Å². The molecule has 0 unspecified atom stereocenters. The number of amides is 1. The first kappa shape index (κ1) is 10.8. The number of hydrazine groups is 1. The van der Waals surface area contributed by atoms with Crippen LogP contribution in [0.2, 0.25) is 0 Å². The van der Waals surface area contributed by atoms with Gasteiger partial charge in [-0.15, -0.1) is 0 Å². The van der Waals surface area contributed by atoms with Crippen molar-refractivity contribution in [3.05, 3.63) is 30.3 Å². The zero-order chi connectivity index (χ0) is 11.5. The molecule has 0 atom stereocenters. The number of carbonyl (C=O) groups excluding carboxylic acids is 2. The van der Waals surface area contributed by atoms with Crippen LogP contribution in [0.4, 0.5) is 5.69 Å². The Hall–Kier alpha value is -1.68. The molecule has 2 rings (SSSR count). The zero-order valence-electron chi connectivity index (χ0n) is 9.22. The fourth-order valence-corrected chi connectivity index (χ4v) is 1.87. The summed E-state index contributed by atoms with van der Waals surface area (Å²) in [6.45, 7) is 2.44. The van der Waals surface area contributed by atoms with Gasteiger partial charge in [0.15, 0.2) is 0 Å². The van der Waals surface area contributed by atoms with E-state index in [0.29, 0.717) is 19.5 Å². The van der Waals surface area contributed by atoms with Crippen molar-refractivity contribution in [3.63, 3.8) is 0 Å². The number of hydrogen-bond donors (Lipinski definition) is 0. The SMILES string of the molecule is CC(=O)CN1CCC(=O)N1c1ccccc1. The van der Waals surface area contributed by atoms with E-state index in [2.05, 4.69) is 0 Å². The molecular weight excluding hydrogens is 204 g/mol. The standard InChI is InChI=1S/C12H14N2O2/c1-10(15)9-13-8-7-12(16)14(13)11-5-3-2-4-6-11/h2-6H,7-9H2,1H3. The third-order valence-corrected chi connectivity index (χ3v) is 2.51. The molecule has 1 aromatic rings. The summed E-state index contributed by atoms with van der Waals surface area (Å²) in [5, 5.41) is 3.39. The van der Waals surface area contributed by atoms with E-state index in [0.717, 1.165) is 5.69 Å².